The van der Waals surface area contributed by atoms with Gasteiger partial charge in [-0.3, -0.25) is 0 Å². The zero-order valence-electron chi connectivity index (χ0n) is 17.9. The van der Waals surface area contributed by atoms with Crippen LogP contribution in [0, 0.1) is 5.41 Å². The summed E-state index contributed by atoms with van der Waals surface area (Å²) in [6, 6.07) is 16.2. The average molecular weight is 449 g/mol. The molecule has 0 N–H and O–H groups in total. The molecular formula is C27H33Zr. The first-order chi connectivity index (χ1) is 13.3. The molecule has 2 aromatic rings. The first-order valence-corrected chi connectivity index (χ1v) is 12.4. The number of hydrogen-bond donors (Lipinski definition) is 0. The van der Waals surface area contributed by atoms with Gasteiger partial charge in [-0.05, 0) is 0 Å². The standard InChI is InChI=1S/C27H33.Zr/c1-5-27(15-6-7-16-27)19-20-17-22-9-8-10-24(25(22)18-20)21-11-13-23(14-12-21)26(2,3)4;/h8-14,17-18H,5-7,15-16,19H2,1-4H3;. The molecule has 1 heteroatoms. The molecule has 0 heterocycles. The van der Waals surface area contributed by atoms with E-state index in [9.17, 15) is 0 Å². The molecule has 0 aliphatic heterocycles. The molecule has 0 amide bonds. The SMILES string of the molecule is CCC1(CC2=Cc3c(-c4ccc(C(C)(C)C)cc4)cccc3[CH]2[Zr])CCCC1. The Morgan fingerprint density at radius 2 is 1.68 bits per heavy atom. The summed E-state index contributed by atoms with van der Waals surface area (Å²) in [5.41, 5.74) is 9.73. The van der Waals surface area contributed by atoms with E-state index in [1.54, 1.807) is 35.9 Å². The molecule has 2 aliphatic rings. The van der Waals surface area contributed by atoms with Crippen LogP contribution < -0.4 is 0 Å². The van der Waals surface area contributed by atoms with E-state index in [2.05, 4.69) is 76.2 Å². The summed E-state index contributed by atoms with van der Waals surface area (Å²) in [4.78, 5) is 0. The summed E-state index contributed by atoms with van der Waals surface area (Å²) in [5.74, 6) is 0. The van der Waals surface area contributed by atoms with E-state index in [4.69, 9.17) is 0 Å². The van der Waals surface area contributed by atoms with Crippen molar-refractivity contribution in [2.75, 3.05) is 0 Å². The third-order valence-corrected chi connectivity index (χ3v) is 8.88. The Morgan fingerprint density at radius 3 is 2.29 bits per heavy atom. The Hall–Kier alpha value is -0.937. The van der Waals surface area contributed by atoms with Crippen LogP contribution in [0.5, 0.6) is 0 Å². The molecule has 0 saturated heterocycles. The van der Waals surface area contributed by atoms with Gasteiger partial charge in [-0.25, -0.2) is 0 Å². The van der Waals surface area contributed by atoms with E-state index in [1.165, 1.54) is 60.8 Å². The topological polar surface area (TPSA) is 0 Å². The van der Waals surface area contributed by atoms with Crippen LogP contribution >= 0.6 is 0 Å². The van der Waals surface area contributed by atoms with E-state index in [0.717, 1.165) is 0 Å². The predicted octanol–water partition coefficient (Wildman–Crippen LogP) is 8.00. The Morgan fingerprint density at radius 1 is 1.00 bits per heavy atom. The Kier molecular flexibility index (Phi) is 5.61. The van der Waals surface area contributed by atoms with E-state index < -0.39 is 0 Å². The second-order valence-electron chi connectivity index (χ2n) is 10.0. The second-order valence-corrected chi connectivity index (χ2v) is 11.4. The molecule has 1 saturated carbocycles. The van der Waals surface area contributed by atoms with Gasteiger partial charge in [-0.2, -0.15) is 0 Å². The van der Waals surface area contributed by atoms with Crippen molar-refractivity contribution in [3.63, 3.8) is 0 Å². The normalized spacial score (nSPS) is 20.8. The van der Waals surface area contributed by atoms with Crippen molar-refractivity contribution in [3.8, 4) is 11.1 Å². The summed E-state index contributed by atoms with van der Waals surface area (Å²) in [6.45, 7) is 9.27. The first kappa shape index (κ1) is 20.3. The second kappa shape index (κ2) is 7.72. The maximum atomic E-state index is 2.57. The minimum absolute atomic E-state index is 0.206. The number of hydrogen-bond acceptors (Lipinski definition) is 0. The van der Waals surface area contributed by atoms with Crippen molar-refractivity contribution in [3.05, 3.63) is 64.7 Å². The summed E-state index contributed by atoms with van der Waals surface area (Å²) in [7, 11) is 0. The van der Waals surface area contributed by atoms with Crippen molar-refractivity contribution in [1.82, 2.24) is 0 Å². The van der Waals surface area contributed by atoms with E-state index in [1.807, 2.05) is 0 Å². The summed E-state index contributed by atoms with van der Waals surface area (Å²) in [5, 5.41) is 0. The summed E-state index contributed by atoms with van der Waals surface area (Å²) in [6.07, 6.45) is 10.9. The van der Waals surface area contributed by atoms with Crippen LogP contribution in [0.1, 0.15) is 86.5 Å². The molecule has 1 unspecified atom stereocenters. The first-order valence-electron chi connectivity index (χ1n) is 11.0. The Balaban J connectivity index is 1.68. The third kappa shape index (κ3) is 3.77. The summed E-state index contributed by atoms with van der Waals surface area (Å²) >= 11 is 1.64. The molecule has 0 spiro atoms. The molecular weight excluding hydrogens is 416 g/mol. The Labute approximate surface area is 186 Å². The monoisotopic (exact) mass is 447 g/mol. The van der Waals surface area contributed by atoms with Crippen LogP contribution in [0.3, 0.4) is 0 Å². The van der Waals surface area contributed by atoms with Gasteiger partial charge in [-0.15, -0.1) is 0 Å². The predicted molar refractivity (Wildman–Crippen MR) is 117 cm³/mol. The Bertz CT molecular complexity index is 873. The summed E-state index contributed by atoms with van der Waals surface area (Å²) < 4.78 is 0.653. The molecule has 1 atom stereocenters. The van der Waals surface area contributed by atoms with Gasteiger partial charge in [-0.1, -0.05) is 0 Å². The molecule has 2 aliphatic carbocycles. The van der Waals surface area contributed by atoms with Crippen LogP contribution in [0.25, 0.3) is 17.2 Å². The molecule has 145 valence electrons. The van der Waals surface area contributed by atoms with Crippen molar-refractivity contribution in [1.29, 1.82) is 0 Å². The molecule has 0 nitrogen and oxygen atoms in total. The van der Waals surface area contributed by atoms with Gasteiger partial charge in [0.05, 0.1) is 0 Å². The van der Waals surface area contributed by atoms with Crippen LogP contribution in [-0.2, 0) is 30.1 Å². The van der Waals surface area contributed by atoms with Crippen LogP contribution in [0.15, 0.2) is 48.0 Å². The zero-order valence-corrected chi connectivity index (χ0v) is 20.4. The van der Waals surface area contributed by atoms with Gasteiger partial charge in [0.15, 0.2) is 0 Å². The third-order valence-electron chi connectivity index (χ3n) is 7.21. The zero-order chi connectivity index (χ0) is 19.9. The molecule has 0 bridgehead atoms. The van der Waals surface area contributed by atoms with Gasteiger partial charge < -0.3 is 0 Å². The molecule has 28 heavy (non-hydrogen) atoms. The average Bonchev–Trinajstić information content (AvgIpc) is 3.27. The van der Waals surface area contributed by atoms with Crippen molar-refractivity contribution < 1.29 is 24.7 Å². The fourth-order valence-corrected chi connectivity index (χ4v) is 6.31. The van der Waals surface area contributed by atoms with Crippen molar-refractivity contribution in [2.24, 2.45) is 5.41 Å². The van der Waals surface area contributed by atoms with Gasteiger partial charge >= 0.3 is 187 Å². The van der Waals surface area contributed by atoms with E-state index in [0.29, 0.717) is 9.04 Å². The van der Waals surface area contributed by atoms with Crippen LogP contribution in [-0.4, -0.2) is 0 Å². The van der Waals surface area contributed by atoms with Gasteiger partial charge in [0.25, 0.3) is 0 Å². The number of allylic oxidation sites excluding steroid dienone is 1. The fraction of sp³-hybridized carbons (Fsp3) is 0.481. The number of fused-ring (bicyclic) bond motifs is 1. The van der Waals surface area contributed by atoms with E-state index >= 15 is 0 Å². The number of rotatable bonds is 4. The number of benzene rings is 2. The molecule has 0 radical (unpaired) electrons. The molecule has 2 aromatic carbocycles. The maximum absolute atomic E-state index is 2.57. The minimum atomic E-state index is 0.206. The fourth-order valence-electron chi connectivity index (χ4n) is 5.23. The molecule has 4 rings (SSSR count). The van der Waals surface area contributed by atoms with Gasteiger partial charge in [0.2, 0.25) is 0 Å². The van der Waals surface area contributed by atoms with Crippen LogP contribution in [0.2, 0.25) is 0 Å². The van der Waals surface area contributed by atoms with Crippen molar-refractivity contribution >= 4 is 6.08 Å². The van der Waals surface area contributed by atoms with Gasteiger partial charge in [0, 0.05) is 0 Å². The van der Waals surface area contributed by atoms with E-state index in [-0.39, 0.29) is 5.41 Å². The van der Waals surface area contributed by atoms with Crippen molar-refractivity contribution in [2.45, 2.75) is 75.3 Å². The molecule has 0 aromatic heterocycles. The molecule has 1 fully saturated rings. The van der Waals surface area contributed by atoms with Crippen LogP contribution in [0.4, 0.5) is 0 Å². The quantitative estimate of drug-likeness (QED) is 0.444. The van der Waals surface area contributed by atoms with Gasteiger partial charge in [0.1, 0.15) is 0 Å².